The van der Waals surface area contributed by atoms with Crippen LogP contribution in [0.2, 0.25) is 0 Å². The quantitative estimate of drug-likeness (QED) is 0.519. The van der Waals surface area contributed by atoms with E-state index in [-0.39, 0.29) is 41.9 Å². The van der Waals surface area contributed by atoms with Gasteiger partial charge in [0.15, 0.2) is 5.78 Å². The maximum Gasteiger partial charge on any atom is 0.264 e. The molecule has 5 rings (SSSR count). The summed E-state index contributed by atoms with van der Waals surface area (Å²) in [4.78, 5) is 29.5. The van der Waals surface area contributed by atoms with Gasteiger partial charge in [0, 0.05) is 31.0 Å². The molecule has 3 fully saturated rings. The van der Waals surface area contributed by atoms with Crippen LogP contribution in [-0.2, 0) is 9.53 Å². The van der Waals surface area contributed by atoms with Crippen LogP contribution < -0.4 is 0 Å². The van der Waals surface area contributed by atoms with Crippen molar-refractivity contribution in [3.05, 3.63) is 34.0 Å². The van der Waals surface area contributed by atoms with Crippen molar-refractivity contribution in [2.45, 2.75) is 83.1 Å². The van der Waals surface area contributed by atoms with Crippen molar-refractivity contribution in [2.75, 3.05) is 20.3 Å². The Kier molecular flexibility index (Phi) is 6.98. The minimum absolute atomic E-state index is 0.00978. The third-order valence-electron chi connectivity index (χ3n) is 10.8. The van der Waals surface area contributed by atoms with Crippen LogP contribution in [0.3, 0.4) is 0 Å². The number of hydrogen-bond donors (Lipinski definition) is 3. The highest BCUT2D eigenvalue weighted by Gasteiger charge is 2.67. The molecule has 1 amide bonds. The van der Waals surface area contributed by atoms with Crippen LogP contribution in [0.1, 0.15) is 69.0 Å². The highest BCUT2D eigenvalue weighted by Crippen LogP contribution is 2.67. The van der Waals surface area contributed by atoms with E-state index in [9.17, 15) is 24.9 Å². The number of allylic oxidation sites excluding steroid dienone is 1. The predicted molar refractivity (Wildman–Crippen MR) is 141 cm³/mol. The van der Waals surface area contributed by atoms with Gasteiger partial charge in [-0.05, 0) is 85.8 Å². The lowest BCUT2D eigenvalue weighted by atomic mass is 9.46. The molecule has 9 atom stereocenters. The molecule has 1 heterocycles. The van der Waals surface area contributed by atoms with Gasteiger partial charge in [0.25, 0.3) is 5.91 Å². The molecular weight excluding hydrogens is 490 g/mol. The van der Waals surface area contributed by atoms with Gasteiger partial charge in [-0.2, -0.15) is 0 Å². The van der Waals surface area contributed by atoms with Gasteiger partial charge < -0.3 is 25.0 Å². The van der Waals surface area contributed by atoms with Gasteiger partial charge in [-0.25, -0.2) is 0 Å². The summed E-state index contributed by atoms with van der Waals surface area (Å²) in [5.74, 6) is -0.342. The van der Waals surface area contributed by atoms with Crippen LogP contribution in [0, 0.1) is 28.6 Å². The van der Waals surface area contributed by atoms with E-state index in [1.165, 1.54) is 11.3 Å². The minimum atomic E-state index is -1.14. The van der Waals surface area contributed by atoms with Gasteiger partial charge in [0.05, 0.1) is 29.3 Å². The number of carbonyl (C=O) groups is 2. The number of thiophene rings is 1. The summed E-state index contributed by atoms with van der Waals surface area (Å²) in [5.41, 5.74) is -1.30. The van der Waals surface area contributed by atoms with E-state index in [2.05, 4.69) is 20.8 Å². The number of hydrogen-bond acceptors (Lipinski definition) is 7. The number of ketones is 1. The van der Waals surface area contributed by atoms with Gasteiger partial charge in [-0.1, -0.05) is 19.9 Å². The zero-order valence-corrected chi connectivity index (χ0v) is 23.2. The molecule has 0 aliphatic heterocycles. The van der Waals surface area contributed by atoms with E-state index in [4.69, 9.17) is 4.74 Å². The number of ether oxygens (including phenoxy) is 1. The zero-order chi connectivity index (χ0) is 26.8. The predicted octanol–water partition coefficient (Wildman–Crippen LogP) is 3.43. The second kappa shape index (κ2) is 9.56. The van der Waals surface area contributed by atoms with Crippen molar-refractivity contribution in [1.82, 2.24) is 4.90 Å². The molecule has 0 radical (unpaired) electrons. The zero-order valence-electron chi connectivity index (χ0n) is 22.4. The summed E-state index contributed by atoms with van der Waals surface area (Å²) in [6.45, 7) is 7.20. The Balaban J connectivity index is 1.47. The SMILES string of the molecule is COCCN(C(=O)c1cccs1)C(C)C1CC[C@@]2(O)C3=CC(=O)[C@@H]4C[C@@H](O)[C@@H](O)C[C@]4(C)C3CC[C@]12C. The summed E-state index contributed by atoms with van der Waals surface area (Å²) < 4.78 is 5.34. The number of aliphatic hydroxyl groups is 3. The largest absolute Gasteiger partial charge is 0.390 e. The van der Waals surface area contributed by atoms with E-state index in [1.807, 2.05) is 22.4 Å². The highest BCUT2D eigenvalue weighted by atomic mass is 32.1. The number of aliphatic hydroxyl groups excluding tert-OH is 2. The van der Waals surface area contributed by atoms with Gasteiger partial charge in [-0.3, -0.25) is 9.59 Å². The summed E-state index contributed by atoms with van der Waals surface area (Å²) in [6.07, 6.45) is 3.47. The average Bonchev–Trinajstić information content (AvgIpc) is 3.48. The highest BCUT2D eigenvalue weighted by molar-refractivity contribution is 7.12. The topological polar surface area (TPSA) is 107 Å². The molecule has 3 unspecified atom stereocenters. The summed E-state index contributed by atoms with van der Waals surface area (Å²) in [5, 5.41) is 35.2. The van der Waals surface area contributed by atoms with Crippen LogP contribution in [0.5, 0.6) is 0 Å². The van der Waals surface area contributed by atoms with E-state index < -0.39 is 28.6 Å². The van der Waals surface area contributed by atoms with Crippen molar-refractivity contribution in [3.8, 4) is 0 Å². The van der Waals surface area contributed by atoms with Gasteiger partial charge in [0.2, 0.25) is 0 Å². The van der Waals surface area contributed by atoms with E-state index >= 15 is 0 Å². The maximum absolute atomic E-state index is 13.5. The van der Waals surface area contributed by atoms with Crippen molar-refractivity contribution in [1.29, 1.82) is 0 Å². The molecule has 1 aromatic heterocycles. The van der Waals surface area contributed by atoms with E-state index in [1.54, 1.807) is 13.2 Å². The normalized spacial score (nSPS) is 41.9. The van der Waals surface area contributed by atoms with Gasteiger partial charge in [0.1, 0.15) is 0 Å². The number of rotatable bonds is 6. The Morgan fingerprint density at radius 3 is 2.65 bits per heavy atom. The summed E-state index contributed by atoms with van der Waals surface area (Å²) in [6, 6.07) is 3.62. The number of nitrogens with zero attached hydrogens (tertiary/aromatic N) is 1. The fraction of sp³-hybridized carbons (Fsp3) is 0.724. The van der Waals surface area contributed by atoms with Crippen molar-refractivity contribution >= 4 is 23.0 Å². The number of carbonyl (C=O) groups excluding carboxylic acids is 2. The monoisotopic (exact) mass is 531 g/mol. The first kappa shape index (κ1) is 27.0. The van der Waals surface area contributed by atoms with Crippen LogP contribution in [0.25, 0.3) is 0 Å². The van der Waals surface area contributed by atoms with E-state index in [0.717, 1.165) is 24.8 Å². The smallest absolute Gasteiger partial charge is 0.264 e. The molecule has 4 aliphatic carbocycles. The lowest BCUT2D eigenvalue weighted by molar-refractivity contribution is -0.153. The van der Waals surface area contributed by atoms with E-state index in [0.29, 0.717) is 30.9 Å². The number of fused-ring (bicyclic) bond motifs is 5. The molecule has 0 aromatic carbocycles. The molecule has 8 heteroatoms. The molecule has 4 aliphatic rings. The van der Waals surface area contributed by atoms with Crippen molar-refractivity contribution < 1.29 is 29.6 Å². The van der Waals surface area contributed by atoms with Crippen LogP contribution >= 0.6 is 11.3 Å². The van der Waals surface area contributed by atoms with Crippen molar-refractivity contribution in [3.63, 3.8) is 0 Å². The lowest BCUT2D eigenvalue weighted by Gasteiger charge is -2.60. The fourth-order valence-corrected chi connectivity index (χ4v) is 9.30. The van der Waals surface area contributed by atoms with Gasteiger partial charge in [-0.15, -0.1) is 11.3 Å². The third kappa shape index (κ3) is 3.97. The Morgan fingerprint density at radius 1 is 1.22 bits per heavy atom. The van der Waals surface area contributed by atoms with Gasteiger partial charge >= 0.3 is 0 Å². The first-order valence-corrected chi connectivity index (χ1v) is 14.5. The minimum Gasteiger partial charge on any atom is -0.390 e. The molecule has 3 saturated carbocycles. The Bertz CT molecular complexity index is 1070. The third-order valence-corrected chi connectivity index (χ3v) is 11.7. The molecular formula is C29H41NO6S. The Labute approximate surface area is 223 Å². The number of methoxy groups -OCH3 is 1. The number of amides is 1. The van der Waals surface area contributed by atoms with Crippen LogP contribution in [0.4, 0.5) is 0 Å². The maximum atomic E-state index is 13.5. The fourth-order valence-electron chi connectivity index (χ4n) is 8.62. The lowest BCUT2D eigenvalue weighted by Crippen LogP contribution is -2.61. The standard InChI is InChI=1S/C29H41NO6S/c1-17(30(11-12-36-4)26(34)25-6-5-13-37-25)18-8-10-29(35)20-14-22(31)21-15-23(32)24(33)16-27(21,2)19(20)7-9-28(18,29)3/h5-6,13-14,17-19,21,23-24,32-33,35H,7-12,15-16H2,1-4H3/t17?,18?,19?,21-,23+,24-,27+,28+,29+/m0/s1. The molecule has 1 aromatic rings. The Morgan fingerprint density at radius 2 is 1.97 bits per heavy atom. The molecule has 3 N–H and O–H groups in total. The van der Waals surface area contributed by atoms with Crippen molar-refractivity contribution in [2.24, 2.45) is 28.6 Å². The molecule has 204 valence electrons. The second-order valence-electron chi connectivity index (χ2n) is 12.4. The molecule has 7 nitrogen and oxygen atoms in total. The molecule has 37 heavy (non-hydrogen) atoms. The second-order valence-corrected chi connectivity index (χ2v) is 13.3. The first-order chi connectivity index (χ1) is 17.5. The van der Waals surface area contributed by atoms with Crippen LogP contribution in [0.15, 0.2) is 29.2 Å². The van der Waals surface area contributed by atoms with Crippen LogP contribution in [-0.4, -0.2) is 76.0 Å². The summed E-state index contributed by atoms with van der Waals surface area (Å²) in [7, 11) is 1.64. The summed E-state index contributed by atoms with van der Waals surface area (Å²) >= 11 is 1.43. The average molecular weight is 532 g/mol. The Hall–Kier alpha value is -1.58. The molecule has 0 bridgehead atoms. The first-order valence-electron chi connectivity index (χ1n) is 13.7. The molecule has 0 spiro atoms. The molecule has 0 saturated heterocycles.